The molecule has 0 fully saturated rings. The first kappa shape index (κ1) is 15.5. The Balaban J connectivity index is 2.49. The summed E-state index contributed by atoms with van der Waals surface area (Å²) in [6.07, 6.45) is 0.484. The van der Waals surface area contributed by atoms with Crippen molar-refractivity contribution >= 4 is 5.91 Å². The van der Waals surface area contributed by atoms with Gasteiger partial charge in [-0.3, -0.25) is 4.79 Å². The van der Waals surface area contributed by atoms with Crippen molar-refractivity contribution in [2.75, 3.05) is 13.7 Å². The van der Waals surface area contributed by atoms with Crippen molar-refractivity contribution in [2.24, 2.45) is 0 Å². The molecule has 1 atom stereocenters. The summed E-state index contributed by atoms with van der Waals surface area (Å²) in [5.41, 5.74) is 0.996. The predicted molar refractivity (Wildman–Crippen MR) is 77.3 cm³/mol. The molecule has 4 heteroatoms. The topological polar surface area (TPSA) is 50.4 Å². The molecule has 1 aromatic carbocycles. The number of amides is 1. The summed E-state index contributed by atoms with van der Waals surface area (Å²) < 4.78 is 5.30. The second-order valence-electron chi connectivity index (χ2n) is 4.89. The summed E-state index contributed by atoms with van der Waals surface area (Å²) in [4.78, 5) is 11.8. The van der Waals surface area contributed by atoms with E-state index < -0.39 is 0 Å². The van der Waals surface area contributed by atoms with Crippen molar-refractivity contribution in [1.82, 2.24) is 10.6 Å². The summed E-state index contributed by atoms with van der Waals surface area (Å²) >= 11 is 0. The van der Waals surface area contributed by atoms with Gasteiger partial charge in [0.1, 0.15) is 5.75 Å². The summed E-state index contributed by atoms with van der Waals surface area (Å²) in [5.74, 6) is 0.849. The molecule has 19 heavy (non-hydrogen) atoms. The molecule has 0 saturated carbocycles. The van der Waals surface area contributed by atoms with Crippen LogP contribution in [0.2, 0.25) is 0 Å². The fourth-order valence-corrected chi connectivity index (χ4v) is 1.89. The number of carbonyl (C=O) groups is 1. The van der Waals surface area contributed by atoms with E-state index in [4.69, 9.17) is 4.74 Å². The van der Waals surface area contributed by atoms with Crippen LogP contribution in [0.15, 0.2) is 24.3 Å². The van der Waals surface area contributed by atoms with E-state index in [9.17, 15) is 4.79 Å². The average molecular weight is 264 g/mol. The van der Waals surface area contributed by atoms with Gasteiger partial charge in [0.25, 0.3) is 0 Å². The van der Waals surface area contributed by atoms with Crippen LogP contribution in [-0.2, 0) is 4.79 Å². The summed E-state index contributed by atoms with van der Waals surface area (Å²) in [5, 5.41) is 6.21. The average Bonchev–Trinajstić information content (AvgIpc) is 2.38. The Hall–Kier alpha value is -1.55. The van der Waals surface area contributed by atoms with E-state index in [1.165, 1.54) is 0 Å². The van der Waals surface area contributed by atoms with Gasteiger partial charge in [-0.1, -0.05) is 32.0 Å². The first-order valence-corrected chi connectivity index (χ1v) is 6.70. The minimum atomic E-state index is -0.0531. The molecule has 0 radical (unpaired) electrons. The molecule has 0 saturated heterocycles. The van der Waals surface area contributed by atoms with Gasteiger partial charge in [0, 0.05) is 24.6 Å². The molecule has 1 amide bonds. The normalized spacial score (nSPS) is 12.3. The van der Waals surface area contributed by atoms with Crippen LogP contribution in [0.1, 0.15) is 38.8 Å². The summed E-state index contributed by atoms with van der Waals surface area (Å²) in [7, 11) is 1.64. The maximum absolute atomic E-state index is 11.8. The molecule has 0 aromatic heterocycles. The number of methoxy groups -OCH3 is 1. The fraction of sp³-hybridized carbons (Fsp3) is 0.533. The van der Waals surface area contributed by atoms with Crippen molar-refractivity contribution < 1.29 is 9.53 Å². The van der Waals surface area contributed by atoms with Gasteiger partial charge in [-0.25, -0.2) is 0 Å². The molecule has 1 rings (SSSR count). The molecule has 0 aliphatic rings. The Labute approximate surface area is 115 Å². The third-order valence-corrected chi connectivity index (χ3v) is 2.89. The SMILES string of the molecule is COc1ccccc1[C@@H](C)NC(=O)CCNC(C)C. The van der Waals surface area contributed by atoms with Crippen LogP contribution in [0.5, 0.6) is 5.75 Å². The van der Waals surface area contributed by atoms with Gasteiger partial charge in [-0.15, -0.1) is 0 Å². The largest absolute Gasteiger partial charge is 0.496 e. The Morgan fingerprint density at radius 1 is 1.26 bits per heavy atom. The lowest BCUT2D eigenvalue weighted by Gasteiger charge is -2.17. The quantitative estimate of drug-likeness (QED) is 0.794. The van der Waals surface area contributed by atoms with Crippen LogP contribution < -0.4 is 15.4 Å². The lowest BCUT2D eigenvalue weighted by molar-refractivity contribution is -0.121. The van der Waals surface area contributed by atoms with E-state index >= 15 is 0 Å². The van der Waals surface area contributed by atoms with E-state index in [1.807, 2.05) is 31.2 Å². The highest BCUT2D eigenvalue weighted by molar-refractivity contribution is 5.76. The van der Waals surface area contributed by atoms with Crippen molar-refractivity contribution in [3.05, 3.63) is 29.8 Å². The van der Waals surface area contributed by atoms with Crippen LogP contribution in [0.3, 0.4) is 0 Å². The zero-order chi connectivity index (χ0) is 14.3. The minimum absolute atomic E-state index is 0.0477. The highest BCUT2D eigenvalue weighted by atomic mass is 16.5. The van der Waals surface area contributed by atoms with Gasteiger partial charge in [0.15, 0.2) is 0 Å². The van der Waals surface area contributed by atoms with Gasteiger partial charge in [0.05, 0.1) is 13.2 Å². The number of nitrogens with one attached hydrogen (secondary N) is 2. The Morgan fingerprint density at radius 3 is 2.58 bits per heavy atom. The predicted octanol–water partition coefficient (Wildman–Crippen LogP) is 2.26. The smallest absolute Gasteiger partial charge is 0.221 e. The molecule has 4 nitrogen and oxygen atoms in total. The van der Waals surface area contributed by atoms with Gasteiger partial charge < -0.3 is 15.4 Å². The van der Waals surface area contributed by atoms with E-state index in [2.05, 4.69) is 24.5 Å². The molecule has 0 aliphatic heterocycles. The highest BCUT2D eigenvalue weighted by Gasteiger charge is 2.13. The second-order valence-corrected chi connectivity index (χ2v) is 4.89. The molecule has 106 valence electrons. The Morgan fingerprint density at radius 2 is 1.95 bits per heavy atom. The maximum atomic E-state index is 11.8. The number of hydrogen-bond acceptors (Lipinski definition) is 3. The molecule has 0 bridgehead atoms. The molecule has 0 aliphatic carbocycles. The summed E-state index contributed by atoms with van der Waals surface area (Å²) in [6.45, 7) is 6.79. The van der Waals surface area contributed by atoms with Crippen molar-refractivity contribution in [1.29, 1.82) is 0 Å². The summed E-state index contributed by atoms with van der Waals surface area (Å²) in [6, 6.07) is 8.08. The fourth-order valence-electron chi connectivity index (χ4n) is 1.89. The van der Waals surface area contributed by atoms with Gasteiger partial charge in [-0.05, 0) is 13.0 Å². The van der Waals surface area contributed by atoms with Gasteiger partial charge >= 0.3 is 0 Å². The van der Waals surface area contributed by atoms with Crippen LogP contribution in [0.25, 0.3) is 0 Å². The monoisotopic (exact) mass is 264 g/mol. The molecule has 0 heterocycles. The standard InChI is InChI=1S/C15H24N2O2/c1-11(2)16-10-9-15(18)17-12(3)13-7-5-6-8-14(13)19-4/h5-8,11-12,16H,9-10H2,1-4H3,(H,17,18)/t12-/m1/s1. The third-order valence-electron chi connectivity index (χ3n) is 2.89. The minimum Gasteiger partial charge on any atom is -0.496 e. The molecule has 0 spiro atoms. The molecule has 1 aromatic rings. The number of hydrogen-bond donors (Lipinski definition) is 2. The molecular weight excluding hydrogens is 240 g/mol. The second kappa shape index (κ2) is 7.79. The maximum Gasteiger partial charge on any atom is 0.221 e. The van der Waals surface area contributed by atoms with Crippen molar-refractivity contribution in [3.63, 3.8) is 0 Å². The van der Waals surface area contributed by atoms with Crippen molar-refractivity contribution in [2.45, 2.75) is 39.3 Å². The lowest BCUT2D eigenvalue weighted by Crippen LogP contribution is -2.32. The van der Waals surface area contributed by atoms with Crippen LogP contribution in [0, 0.1) is 0 Å². The Kier molecular flexibility index (Phi) is 6.36. The van der Waals surface area contributed by atoms with Gasteiger partial charge in [-0.2, -0.15) is 0 Å². The Bertz CT molecular complexity index is 405. The third kappa shape index (κ3) is 5.30. The highest BCUT2D eigenvalue weighted by Crippen LogP contribution is 2.24. The zero-order valence-corrected chi connectivity index (χ0v) is 12.2. The van der Waals surface area contributed by atoms with Crippen LogP contribution >= 0.6 is 0 Å². The molecule has 0 unspecified atom stereocenters. The first-order chi connectivity index (χ1) is 9.04. The number of ether oxygens (including phenoxy) is 1. The molecule has 2 N–H and O–H groups in total. The number of carbonyl (C=O) groups excluding carboxylic acids is 1. The van der Waals surface area contributed by atoms with Gasteiger partial charge in [0.2, 0.25) is 5.91 Å². The number of rotatable bonds is 7. The van der Waals surface area contributed by atoms with E-state index in [0.29, 0.717) is 19.0 Å². The van der Waals surface area contributed by atoms with Crippen molar-refractivity contribution in [3.8, 4) is 5.75 Å². The number of para-hydroxylation sites is 1. The van der Waals surface area contributed by atoms with E-state index in [-0.39, 0.29) is 11.9 Å². The lowest BCUT2D eigenvalue weighted by atomic mass is 10.1. The van der Waals surface area contributed by atoms with Crippen LogP contribution in [0.4, 0.5) is 0 Å². The van der Waals surface area contributed by atoms with E-state index in [1.54, 1.807) is 7.11 Å². The molecular formula is C15H24N2O2. The first-order valence-electron chi connectivity index (χ1n) is 6.70. The zero-order valence-electron chi connectivity index (χ0n) is 12.2. The van der Waals surface area contributed by atoms with E-state index in [0.717, 1.165) is 11.3 Å². The van der Waals surface area contributed by atoms with Crippen LogP contribution in [-0.4, -0.2) is 25.6 Å². The number of benzene rings is 1.